The van der Waals surface area contributed by atoms with Gasteiger partial charge in [-0.2, -0.15) is 0 Å². The van der Waals surface area contributed by atoms with E-state index in [1.807, 2.05) is 24.3 Å². The quantitative estimate of drug-likeness (QED) is 0.652. The van der Waals surface area contributed by atoms with E-state index in [4.69, 9.17) is 9.47 Å². The minimum absolute atomic E-state index is 0.316. The molecule has 0 bridgehead atoms. The average molecular weight is 278 g/mol. The van der Waals surface area contributed by atoms with Gasteiger partial charge in [-0.3, -0.25) is 0 Å². The third kappa shape index (κ3) is 3.49. The highest BCUT2D eigenvalue weighted by Crippen LogP contribution is 2.19. The summed E-state index contributed by atoms with van der Waals surface area (Å²) in [5, 5.41) is 0.960. The zero-order valence-electron chi connectivity index (χ0n) is 10.8. The highest BCUT2D eigenvalue weighted by Gasteiger charge is 2.15. The van der Waals surface area contributed by atoms with Crippen molar-refractivity contribution in [3.63, 3.8) is 0 Å². The molecule has 1 N–H and O–H groups in total. The molecular formula is C14H18N2O2S. The number of para-hydroxylation sites is 2. The maximum absolute atomic E-state index is 5.63. The molecule has 0 spiro atoms. The van der Waals surface area contributed by atoms with Gasteiger partial charge < -0.3 is 14.5 Å². The Bertz CT molecular complexity index is 490. The summed E-state index contributed by atoms with van der Waals surface area (Å²) in [6, 6.07) is 8.08. The standard InChI is InChI=1S/C14H18N2O2S/c1-2-6-13-12(5-1)15-14(16-13)19-9-8-17-10-11-4-3-7-18-11/h1-2,5-6,11H,3-4,7-10H2,(H,15,16). The number of nitrogens with one attached hydrogen (secondary N) is 1. The molecule has 1 saturated heterocycles. The number of hydrogen-bond acceptors (Lipinski definition) is 4. The van der Waals surface area contributed by atoms with E-state index in [1.54, 1.807) is 11.8 Å². The third-order valence-electron chi connectivity index (χ3n) is 3.16. The van der Waals surface area contributed by atoms with Crippen molar-refractivity contribution in [3.8, 4) is 0 Å². The molecule has 102 valence electrons. The van der Waals surface area contributed by atoms with E-state index in [2.05, 4.69) is 9.97 Å². The molecule has 2 heterocycles. The molecule has 1 aliphatic rings. The number of ether oxygens (including phenoxy) is 2. The van der Waals surface area contributed by atoms with Crippen molar-refractivity contribution in [1.29, 1.82) is 0 Å². The van der Waals surface area contributed by atoms with Crippen LogP contribution in [0.5, 0.6) is 0 Å². The Labute approximate surface area is 116 Å². The van der Waals surface area contributed by atoms with Crippen LogP contribution in [0.15, 0.2) is 29.4 Å². The molecule has 5 heteroatoms. The van der Waals surface area contributed by atoms with Crippen LogP contribution in [-0.2, 0) is 9.47 Å². The lowest BCUT2D eigenvalue weighted by Crippen LogP contribution is -2.15. The number of imidazole rings is 1. The molecule has 19 heavy (non-hydrogen) atoms. The van der Waals surface area contributed by atoms with Gasteiger partial charge in [0.2, 0.25) is 0 Å². The van der Waals surface area contributed by atoms with Gasteiger partial charge in [-0.1, -0.05) is 23.9 Å². The first-order valence-electron chi connectivity index (χ1n) is 6.69. The van der Waals surface area contributed by atoms with Gasteiger partial charge in [0.05, 0.1) is 30.4 Å². The smallest absolute Gasteiger partial charge is 0.166 e. The van der Waals surface area contributed by atoms with Crippen molar-refractivity contribution in [2.24, 2.45) is 0 Å². The Morgan fingerprint density at radius 3 is 3.21 bits per heavy atom. The van der Waals surface area contributed by atoms with Gasteiger partial charge in [-0.05, 0) is 25.0 Å². The highest BCUT2D eigenvalue weighted by atomic mass is 32.2. The molecule has 0 aliphatic carbocycles. The van der Waals surface area contributed by atoms with Crippen LogP contribution in [0.3, 0.4) is 0 Å². The molecule has 4 nitrogen and oxygen atoms in total. The van der Waals surface area contributed by atoms with Crippen molar-refractivity contribution in [2.45, 2.75) is 24.1 Å². The lowest BCUT2D eigenvalue weighted by atomic mass is 10.2. The molecule has 1 fully saturated rings. The largest absolute Gasteiger partial charge is 0.378 e. The Balaban J connectivity index is 1.39. The van der Waals surface area contributed by atoms with E-state index >= 15 is 0 Å². The van der Waals surface area contributed by atoms with Crippen LogP contribution in [0.1, 0.15) is 12.8 Å². The van der Waals surface area contributed by atoms with Crippen molar-refractivity contribution in [2.75, 3.05) is 25.6 Å². The molecule has 1 aromatic carbocycles. The van der Waals surface area contributed by atoms with E-state index in [0.717, 1.165) is 48.2 Å². The second-order valence-electron chi connectivity index (χ2n) is 4.62. The van der Waals surface area contributed by atoms with Gasteiger partial charge in [-0.15, -0.1) is 0 Å². The van der Waals surface area contributed by atoms with Crippen LogP contribution in [0.2, 0.25) is 0 Å². The van der Waals surface area contributed by atoms with E-state index in [0.29, 0.717) is 6.10 Å². The topological polar surface area (TPSA) is 47.1 Å². The van der Waals surface area contributed by atoms with Crippen LogP contribution in [0.25, 0.3) is 11.0 Å². The number of aromatic nitrogens is 2. The van der Waals surface area contributed by atoms with Crippen molar-refractivity contribution >= 4 is 22.8 Å². The van der Waals surface area contributed by atoms with E-state index in [1.165, 1.54) is 6.42 Å². The summed E-state index contributed by atoms with van der Waals surface area (Å²) in [5.74, 6) is 0.909. The molecule has 1 atom stereocenters. The van der Waals surface area contributed by atoms with Crippen molar-refractivity contribution in [3.05, 3.63) is 24.3 Å². The maximum atomic E-state index is 5.63. The summed E-state index contributed by atoms with van der Waals surface area (Å²) in [5.41, 5.74) is 2.11. The predicted molar refractivity (Wildman–Crippen MR) is 76.6 cm³/mol. The van der Waals surface area contributed by atoms with Crippen LogP contribution in [0.4, 0.5) is 0 Å². The normalized spacial score (nSPS) is 19.3. The number of hydrogen-bond donors (Lipinski definition) is 1. The Morgan fingerprint density at radius 2 is 2.37 bits per heavy atom. The maximum Gasteiger partial charge on any atom is 0.166 e. The van der Waals surface area contributed by atoms with Gasteiger partial charge in [0.1, 0.15) is 0 Å². The summed E-state index contributed by atoms with van der Waals surface area (Å²) in [4.78, 5) is 7.81. The number of thioether (sulfide) groups is 1. The van der Waals surface area contributed by atoms with Crippen molar-refractivity contribution in [1.82, 2.24) is 9.97 Å². The Kier molecular flexibility index (Phi) is 4.37. The lowest BCUT2D eigenvalue weighted by molar-refractivity contribution is 0.0226. The average Bonchev–Trinajstić information content (AvgIpc) is 3.06. The predicted octanol–water partition coefficient (Wildman–Crippen LogP) is 2.85. The second-order valence-corrected chi connectivity index (χ2v) is 5.70. The second kappa shape index (κ2) is 6.41. The first kappa shape index (κ1) is 13.0. The fraction of sp³-hybridized carbons (Fsp3) is 0.500. The Hall–Kier alpha value is -1.04. The monoisotopic (exact) mass is 278 g/mol. The zero-order chi connectivity index (χ0) is 12.9. The highest BCUT2D eigenvalue weighted by molar-refractivity contribution is 7.99. The molecule has 0 radical (unpaired) electrons. The molecule has 0 saturated carbocycles. The van der Waals surface area contributed by atoms with Crippen molar-refractivity contribution < 1.29 is 9.47 Å². The first-order valence-corrected chi connectivity index (χ1v) is 7.67. The third-order valence-corrected chi connectivity index (χ3v) is 4.00. The Morgan fingerprint density at radius 1 is 1.42 bits per heavy atom. The number of aromatic amines is 1. The number of fused-ring (bicyclic) bond motifs is 1. The van der Waals surface area contributed by atoms with Crippen LogP contribution >= 0.6 is 11.8 Å². The minimum atomic E-state index is 0.316. The molecule has 2 aromatic rings. The van der Waals surface area contributed by atoms with E-state index < -0.39 is 0 Å². The molecule has 1 aromatic heterocycles. The van der Waals surface area contributed by atoms with Crippen LogP contribution in [0, 0.1) is 0 Å². The summed E-state index contributed by atoms with van der Waals surface area (Å²) in [7, 11) is 0. The minimum Gasteiger partial charge on any atom is -0.378 e. The summed E-state index contributed by atoms with van der Waals surface area (Å²) < 4.78 is 11.1. The van der Waals surface area contributed by atoms with E-state index in [9.17, 15) is 0 Å². The SMILES string of the molecule is c1ccc2[nH]c(SCCOCC3CCCO3)nc2c1. The number of H-pyrrole nitrogens is 1. The number of rotatable bonds is 6. The summed E-state index contributed by atoms with van der Waals surface area (Å²) in [6.45, 7) is 2.35. The number of nitrogens with zero attached hydrogens (tertiary/aromatic N) is 1. The van der Waals surface area contributed by atoms with Gasteiger partial charge in [0, 0.05) is 12.4 Å². The van der Waals surface area contributed by atoms with Gasteiger partial charge in [0.15, 0.2) is 5.16 Å². The molecular weight excluding hydrogens is 260 g/mol. The van der Waals surface area contributed by atoms with Gasteiger partial charge >= 0.3 is 0 Å². The zero-order valence-corrected chi connectivity index (χ0v) is 11.6. The van der Waals surface area contributed by atoms with Crippen LogP contribution in [-0.4, -0.2) is 41.6 Å². The molecule has 0 amide bonds. The lowest BCUT2D eigenvalue weighted by Gasteiger charge is -2.09. The van der Waals surface area contributed by atoms with Crippen LogP contribution < -0.4 is 0 Å². The molecule has 1 aliphatic heterocycles. The summed E-state index contributed by atoms with van der Waals surface area (Å²) >= 11 is 1.70. The number of benzene rings is 1. The van der Waals surface area contributed by atoms with E-state index in [-0.39, 0.29) is 0 Å². The molecule has 3 rings (SSSR count). The molecule has 1 unspecified atom stereocenters. The van der Waals surface area contributed by atoms with Gasteiger partial charge in [0.25, 0.3) is 0 Å². The summed E-state index contributed by atoms with van der Waals surface area (Å²) in [6.07, 6.45) is 2.62. The fourth-order valence-corrected chi connectivity index (χ4v) is 2.93. The fourth-order valence-electron chi connectivity index (χ4n) is 2.19. The first-order chi connectivity index (χ1) is 9.42. The van der Waals surface area contributed by atoms with Gasteiger partial charge in [-0.25, -0.2) is 4.98 Å².